The van der Waals surface area contributed by atoms with Gasteiger partial charge in [-0.05, 0) is 42.2 Å². The van der Waals surface area contributed by atoms with Crippen molar-refractivity contribution in [2.45, 2.75) is 38.3 Å². The van der Waals surface area contributed by atoms with Crippen LogP contribution in [0.4, 0.5) is 4.79 Å². The first-order valence-electron chi connectivity index (χ1n) is 9.08. The van der Waals surface area contributed by atoms with E-state index in [9.17, 15) is 14.4 Å². The van der Waals surface area contributed by atoms with Crippen LogP contribution < -0.4 is 11.1 Å². The van der Waals surface area contributed by atoms with Crippen LogP contribution >= 0.6 is 15.9 Å². The summed E-state index contributed by atoms with van der Waals surface area (Å²) in [7, 11) is 0. The molecule has 0 radical (unpaired) electrons. The van der Waals surface area contributed by atoms with E-state index >= 15 is 0 Å². The van der Waals surface area contributed by atoms with Crippen LogP contribution in [0.5, 0.6) is 0 Å². The molecule has 0 aliphatic carbocycles. The number of hydrogen-bond donors (Lipinski definition) is 2. The van der Waals surface area contributed by atoms with E-state index in [4.69, 9.17) is 5.73 Å². The van der Waals surface area contributed by atoms with Crippen molar-refractivity contribution < 1.29 is 14.4 Å². The van der Waals surface area contributed by atoms with E-state index < -0.39 is 29.4 Å². The zero-order valence-electron chi connectivity index (χ0n) is 15.7. The van der Waals surface area contributed by atoms with Crippen molar-refractivity contribution in [2.75, 3.05) is 0 Å². The van der Waals surface area contributed by atoms with Crippen LogP contribution in [0.2, 0.25) is 0 Å². The molecule has 2 aromatic carbocycles. The molecule has 28 heavy (non-hydrogen) atoms. The molecule has 1 aliphatic heterocycles. The standard InChI is InChI=1S/C21H22BrN3O3/c1-3-5-13-8-10-15(11-9-13)21(2)19(27)25(20(28)24-21)17(18(23)26)14-6-4-7-16(22)12-14/h4,6-12,17H,3,5H2,1-2H3,(H2,23,26)(H,24,28). The number of nitrogens with zero attached hydrogens (tertiary/aromatic N) is 1. The number of nitrogens with one attached hydrogen (secondary N) is 1. The largest absolute Gasteiger partial charge is 0.368 e. The molecule has 146 valence electrons. The van der Waals surface area contributed by atoms with Crippen LogP contribution in [0, 0.1) is 0 Å². The fraction of sp³-hybridized carbons (Fsp3) is 0.286. The molecule has 2 atom stereocenters. The molecule has 1 fully saturated rings. The maximum Gasteiger partial charge on any atom is 0.326 e. The summed E-state index contributed by atoms with van der Waals surface area (Å²) in [5.41, 5.74) is 6.60. The van der Waals surface area contributed by atoms with Gasteiger partial charge in [-0.2, -0.15) is 0 Å². The van der Waals surface area contributed by atoms with Crippen molar-refractivity contribution in [1.29, 1.82) is 0 Å². The van der Waals surface area contributed by atoms with E-state index in [1.807, 2.05) is 24.3 Å². The number of hydrogen-bond acceptors (Lipinski definition) is 3. The predicted molar refractivity (Wildman–Crippen MR) is 109 cm³/mol. The van der Waals surface area contributed by atoms with Gasteiger partial charge in [0.05, 0.1) is 0 Å². The third kappa shape index (κ3) is 3.54. The fourth-order valence-electron chi connectivity index (χ4n) is 3.50. The van der Waals surface area contributed by atoms with Gasteiger partial charge >= 0.3 is 6.03 Å². The van der Waals surface area contributed by atoms with Crippen LogP contribution in [-0.2, 0) is 21.5 Å². The number of halogens is 1. The van der Waals surface area contributed by atoms with E-state index in [-0.39, 0.29) is 0 Å². The summed E-state index contributed by atoms with van der Waals surface area (Å²) >= 11 is 3.34. The third-order valence-electron chi connectivity index (χ3n) is 4.98. The maximum atomic E-state index is 13.3. The van der Waals surface area contributed by atoms with Gasteiger partial charge in [0.25, 0.3) is 5.91 Å². The number of urea groups is 1. The van der Waals surface area contributed by atoms with Crippen molar-refractivity contribution >= 4 is 33.8 Å². The van der Waals surface area contributed by atoms with Gasteiger partial charge in [0.15, 0.2) is 0 Å². The molecule has 0 saturated carbocycles. The average molecular weight is 444 g/mol. The van der Waals surface area contributed by atoms with E-state index in [0.29, 0.717) is 11.1 Å². The molecular weight excluding hydrogens is 422 g/mol. The summed E-state index contributed by atoms with van der Waals surface area (Å²) in [5.74, 6) is -1.28. The normalized spacial score (nSPS) is 20.2. The van der Waals surface area contributed by atoms with Crippen LogP contribution in [0.1, 0.15) is 43.0 Å². The minimum Gasteiger partial charge on any atom is -0.368 e. The van der Waals surface area contributed by atoms with Gasteiger partial charge in [0.2, 0.25) is 5.91 Å². The topological polar surface area (TPSA) is 92.5 Å². The highest BCUT2D eigenvalue weighted by Gasteiger charge is 2.52. The first-order chi connectivity index (χ1) is 13.3. The van der Waals surface area contributed by atoms with Crippen molar-refractivity contribution in [3.05, 3.63) is 69.7 Å². The summed E-state index contributed by atoms with van der Waals surface area (Å²) in [6.07, 6.45) is 1.96. The first-order valence-corrected chi connectivity index (χ1v) is 9.87. The number of imide groups is 1. The monoisotopic (exact) mass is 443 g/mol. The predicted octanol–water partition coefficient (Wildman–Crippen LogP) is 3.40. The summed E-state index contributed by atoms with van der Waals surface area (Å²) < 4.78 is 0.720. The second-order valence-electron chi connectivity index (χ2n) is 7.04. The van der Waals surface area contributed by atoms with Crippen LogP contribution in [0.15, 0.2) is 53.0 Å². The molecule has 0 spiro atoms. The van der Waals surface area contributed by atoms with Gasteiger partial charge in [0, 0.05) is 4.47 Å². The van der Waals surface area contributed by atoms with Crippen molar-refractivity contribution in [3.8, 4) is 0 Å². The van der Waals surface area contributed by atoms with Crippen LogP contribution in [0.3, 0.4) is 0 Å². The van der Waals surface area contributed by atoms with E-state index in [2.05, 4.69) is 28.2 Å². The Morgan fingerprint density at radius 3 is 2.46 bits per heavy atom. The summed E-state index contributed by atoms with van der Waals surface area (Å²) in [6, 6.07) is 12.6. The van der Waals surface area contributed by atoms with E-state index in [1.165, 1.54) is 0 Å². The van der Waals surface area contributed by atoms with Gasteiger partial charge in [0.1, 0.15) is 11.6 Å². The highest BCUT2D eigenvalue weighted by molar-refractivity contribution is 9.10. The highest BCUT2D eigenvalue weighted by Crippen LogP contribution is 2.35. The van der Waals surface area contributed by atoms with Gasteiger partial charge < -0.3 is 11.1 Å². The Bertz CT molecular complexity index is 929. The number of nitrogens with two attached hydrogens (primary N) is 1. The average Bonchev–Trinajstić information content (AvgIpc) is 2.87. The van der Waals surface area contributed by atoms with Crippen LogP contribution in [0.25, 0.3) is 0 Å². The Kier molecular flexibility index (Phi) is 5.56. The number of aryl methyl sites for hydroxylation is 1. The second-order valence-corrected chi connectivity index (χ2v) is 7.95. The lowest BCUT2D eigenvalue weighted by molar-refractivity contribution is -0.137. The van der Waals surface area contributed by atoms with Crippen molar-refractivity contribution in [1.82, 2.24) is 10.2 Å². The highest BCUT2D eigenvalue weighted by atomic mass is 79.9. The second kappa shape index (κ2) is 7.75. The van der Waals surface area contributed by atoms with E-state index in [1.54, 1.807) is 31.2 Å². The number of primary amides is 1. The Balaban J connectivity index is 1.98. The first kappa shape index (κ1) is 20.1. The lowest BCUT2D eigenvalue weighted by atomic mass is 9.90. The molecule has 1 heterocycles. The maximum absolute atomic E-state index is 13.3. The molecule has 3 N–H and O–H groups in total. The van der Waals surface area contributed by atoms with Crippen molar-refractivity contribution in [2.24, 2.45) is 5.73 Å². The lowest BCUT2D eigenvalue weighted by Crippen LogP contribution is -2.44. The van der Waals surface area contributed by atoms with E-state index in [0.717, 1.165) is 27.8 Å². The molecule has 4 amide bonds. The number of carbonyl (C=O) groups excluding carboxylic acids is 3. The van der Waals surface area contributed by atoms with Gasteiger partial charge in [-0.25, -0.2) is 9.69 Å². The zero-order valence-corrected chi connectivity index (χ0v) is 17.3. The smallest absolute Gasteiger partial charge is 0.326 e. The Labute approximate surface area is 172 Å². The molecule has 0 aromatic heterocycles. The molecule has 1 aliphatic rings. The van der Waals surface area contributed by atoms with Gasteiger partial charge in [-0.3, -0.25) is 9.59 Å². The Morgan fingerprint density at radius 2 is 1.89 bits per heavy atom. The molecule has 1 saturated heterocycles. The minimum atomic E-state index is -1.26. The third-order valence-corrected chi connectivity index (χ3v) is 5.48. The number of carbonyl (C=O) groups is 3. The molecule has 6 nitrogen and oxygen atoms in total. The number of rotatable bonds is 6. The Hall–Kier alpha value is -2.67. The molecule has 2 aromatic rings. The molecule has 0 bridgehead atoms. The van der Waals surface area contributed by atoms with Gasteiger partial charge in [-0.1, -0.05) is 65.7 Å². The fourth-order valence-corrected chi connectivity index (χ4v) is 3.92. The molecule has 7 heteroatoms. The minimum absolute atomic E-state index is 0.466. The molecule has 3 rings (SSSR count). The van der Waals surface area contributed by atoms with Crippen molar-refractivity contribution in [3.63, 3.8) is 0 Å². The zero-order chi connectivity index (χ0) is 20.5. The van der Waals surface area contributed by atoms with Gasteiger partial charge in [-0.15, -0.1) is 0 Å². The quantitative estimate of drug-likeness (QED) is 0.669. The molecular formula is C21H22BrN3O3. The molecule has 2 unspecified atom stereocenters. The number of benzene rings is 2. The Morgan fingerprint density at radius 1 is 1.21 bits per heavy atom. The SMILES string of the molecule is CCCc1ccc(C2(C)NC(=O)N(C(C(N)=O)c3cccc(Br)c3)C2=O)cc1. The summed E-state index contributed by atoms with van der Waals surface area (Å²) in [4.78, 5) is 39.1. The number of amides is 4. The lowest BCUT2D eigenvalue weighted by Gasteiger charge is -2.26. The van der Waals surface area contributed by atoms with Crippen LogP contribution in [-0.4, -0.2) is 22.7 Å². The summed E-state index contributed by atoms with van der Waals surface area (Å²) in [6.45, 7) is 3.74. The summed E-state index contributed by atoms with van der Waals surface area (Å²) in [5, 5.41) is 2.74.